The van der Waals surface area contributed by atoms with Gasteiger partial charge in [0.15, 0.2) is 11.5 Å². The van der Waals surface area contributed by atoms with Crippen LogP contribution in [0.2, 0.25) is 0 Å². The minimum Gasteiger partial charge on any atom is -0.496 e. The first-order valence-corrected chi connectivity index (χ1v) is 11.8. The standard InChI is InChI=1S/C22H33BrN6O3/c1-4-25-21(30)19-20(26-10-9-24-2)28-22(27-16-7-11-32-12-8-16)29(19)14-15-5-6-18(31-3)17(23)13-15/h5-6,13,16,24,26H,4,7-12,14H2,1-3H3,(H,25,30)(H,27,28). The number of ether oxygens (including phenoxy) is 2. The normalized spacial score (nSPS) is 14.2. The number of rotatable bonds is 11. The summed E-state index contributed by atoms with van der Waals surface area (Å²) in [6.07, 6.45) is 1.81. The van der Waals surface area contributed by atoms with Crippen molar-refractivity contribution in [1.82, 2.24) is 20.2 Å². The second kappa shape index (κ2) is 12.1. The third-order valence-electron chi connectivity index (χ3n) is 5.30. The quantitative estimate of drug-likeness (QED) is 0.346. The predicted molar refractivity (Wildman–Crippen MR) is 130 cm³/mol. The van der Waals surface area contributed by atoms with Crippen LogP contribution >= 0.6 is 15.9 Å². The van der Waals surface area contributed by atoms with E-state index < -0.39 is 0 Å². The number of hydrogen-bond acceptors (Lipinski definition) is 7. The third kappa shape index (κ3) is 6.14. The molecule has 1 aromatic heterocycles. The van der Waals surface area contributed by atoms with Crippen LogP contribution in [0.4, 0.5) is 11.8 Å². The van der Waals surface area contributed by atoms with Gasteiger partial charge in [-0.05, 0) is 60.4 Å². The monoisotopic (exact) mass is 508 g/mol. The van der Waals surface area contributed by atoms with E-state index in [2.05, 4.69) is 37.2 Å². The average molecular weight is 509 g/mol. The zero-order chi connectivity index (χ0) is 22.9. The molecule has 1 aliphatic rings. The molecule has 0 spiro atoms. The molecule has 1 saturated heterocycles. The van der Waals surface area contributed by atoms with Gasteiger partial charge < -0.3 is 30.7 Å². The van der Waals surface area contributed by atoms with Gasteiger partial charge >= 0.3 is 0 Å². The zero-order valence-electron chi connectivity index (χ0n) is 19.0. The van der Waals surface area contributed by atoms with Crippen LogP contribution in [0.5, 0.6) is 5.75 Å². The molecule has 1 aliphatic heterocycles. The van der Waals surface area contributed by atoms with E-state index in [9.17, 15) is 4.79 Å². The summed E-state index contributed by atoms with van der Waals surface area (Å²) in [7, 11) is 3.53. The van der Waals surface area contributed by atoms with Crippen molar-refractivity contribution in [2.24, 2.45) is 0 Å². The number of halogens is 1. The summed E-state index contributed by atoms with van der Waals surface area (Å²) in [5.74, 6) is 1.86. The number of methoxy groups -OCH3 is 1. The summed E-state index contributed by atoms with van der Waals surface area (Å²) >= 11 is 3.56. The fraction of sp³-hybridized carbons (Fsp3) is 0.545. The number of benzene rings is 1. The maximum absolute atomic E-state index is 13.1. The van der Waals surface area contributed by atoms with E-state index in [1.807, 2.05) is 36.7 Å². The van der Waals surface area contributed by atoms with Crippen LogP contribution in [-0.2, 0) is 11.3 Å². The van der Waals surface area contributed by atoms with Crippen LogP contribution in [-0.4, -0.2) is 68.5 Å². The van der Waals surface area contributed by atoms with Gasteiger partial charge in [-0.3, -0.25) is 9.36 Å². The van der Waals surface area contributed by atoms with E-state index in [4.69, 9.17) is 14.5 Å². The lowest BCUT2D eigenvalue weighted by Gasteiger charge is -2.24. The predicted octanol–water partition coefficient (Wildman–Crippen LogP) is 2.67. The van der Waals surface area contributed by atoms with E-state index in [-0.39, 0.29) is 11.9 Å². The van der Waals surface area contributed by atoms with Crippen molar-refractivity contribution in [3.05, 3.63) is 33.9 Å². The van der Waals surface area contributed by atoms with Gasteiger partial charge in [0.05, 0.1) is 18.1 Å². The van der Waals surface area contributed by atoms with Crippen molar-refractivity contribution in [3.63, 3.8) is 0 Å². The molecule has 10 heteroatoms. The van der Waals surface area contributed by atoms with Crippen molar-refractivity contribution < 1.29 is 14.3 Å². The second-order valence-corrected chi connectivity index (χ2v) is 8.46. The molecule has 0 bridgehead atoms. The highest BCUT2D eigenvalue weighted by atomic mass is 79.9. The van der Waals surface area contributed by atoms with Gasteiger partial charge in [-0.15, -0.1) is 0 Å². The Morgan fingerprint density at radius 2 is 2.09 bits per heavy atom. The molecule has 0 saturated carbocycles. The molecule has 0 radical (unpaired) electrons. The number of anilines is 2. The van der Waals surface area contributed by atoms with Crippen LogP contribution < -0.4 is 26.0 Å². The Morgan fingerprint density at radius 1 is 1.31 bits per heavy atom. The van der Waals surface area contributed by atoms with Gasteiger partial charge in [-0.1, -0.05) is 6.07 Å². The van der Waals surface area contributed by atoms with Gasteiger partial charge in [0.25, 0.3) is 5.91 Å². The number of imidazole rings is 1. The maximum atomic E-state index is 13.1. The topological polar surface area (TPSA) is 101 Å². The van der Waals surface area contributed by atoms with Gasteiger partial charge in [0, 0.05) is 38.9 Å². The van der Waals surface area contributed by atoms with Crippen LogP contribution in [0, 0.1) is 0 Å². The van der Waals surface area contributed by atoms with Crippen LogP contribution in [0.3, 0.4) is 0 Å². The van der Waals surface area contributed by atoms with E-state index in [0.717, 1.165) is 48.4 Å². The van der Waals surface area contributed by atoms with Crippen molar-refractivity contribution in [1.29, 1.82) is 0 Å². The van der Waals surface area contributed by atoms with Crippen molar-refractivity contribution >= 4 is 33.6 Å². The molecule has 0 unspecified atom stereocenters. The van der Waals surface area contributed by atoms with E-state index in [1.54, 1.807) is 7.11 Å². The summed E-state index contributed by atoms with van der Waals surface area (Å²) < 4.78 is 13.7. The number of aromatic nitrogens is 2. The number of carbonyl (C=O) groups excluding carboxylic acids is 1. The fourth-order valence-electron chi connectivity index (χ4n) is 3.64. The lowest BCUT2D eigenvalue weighted by molar-refractivity contribution is 0.0901. The molecule has 1 fully saturated rings. The first-order valence-electron chi connectivity index (χ1n) is 11.0. The average Bonchev–Trinajstić information content (AvgIpc) is 3.11. The number of carbonyl (C=O) groups is 1. The Kier molecular flexibility index (Phi) is 9.19. The van der Waals surface area contributed by atoms with Crippen molar-refractivity contribution in [3.8, 4) is 5.75 Å². The molecule has 4 N–H and O–H groups in total. The number of nitrogens with zero attached hydrogens (tertiary/aromatic N) is 2. The molecule has 3 rings (SSSR count). The summed E-state index contributed by atoms with van der Waals surface area (Å²) in [4.78, 5) is 17.9. The first kappa shape index (κ1) is 24.3. The molecule has 32 heavy (non-hydrogen) atoms. The van der Waals surface area contributed by atoms with E-state index >= 15 is 0 Å². The molecule has 2 aromatic rings. The van der Waals surface area contributed by atoms with Crippen LogP contribution in [0.25, 0.3) is 0 Å². The molecular formula is C22H33BrN6O3. The Balaban J connectivity index is 1.99. The lowest BCUT2D eigenvalue weighted by atomic mass is 10.1. The molecule has 1 aromatic carbocycles. The van der Waals surface area contributed by atoms with Gasteiger partial charge in [-0.25, -0.2) is 0 Å². The Labute approximate surface area is 197 Å². The van der Waals surface area contributed by atoms with E-state index in [0.29, 0.717) is 37.1 Å². The first-order chi connectivity index (χ1) is 15.6. The van der Waals surface area contributed by atoms with Crippen molar-refractivity contribution in [2.75, 3.05) is 57.6 Å². The summed E-state index contributed by atoms with van der Waals surface area (Å²) in [6.45, 7) is 5.80. The number of likely N-dealkylation sites (N-methyl/N-ethyl adjacent to an activating group) is 1. The Hall–Kier alpha value is -2.30. The highest BCUT2D eigenvalue weighted by Crippen LogP contribution is 2.29. The minimum absolute atomic E-state index is 0.153. The highest BCUT2D eigenvalue weighted by molar-refractivity contribution is 9.10. The third-order valence-corrected chi connectivity index (χ3v) is 5.92. The van der Waals surface area contributed by atoms with Gasteiger partial charge in [0.1, 0.15) is 5.75 Å². The fourth-order valence-corrected chi connectivity index (χ4v) is 4.22. The molecule has 2 heterocycles. The number of nitrogens with one attached hydrogen (secondary N) is 4. The molecule has 176 valence electrons. The maximum Gasteiger partial charge on any atom is 0.271 e. The smallest absolute Gasteiger partial charge is 0.271 e. The zero-order valence-corrected chi connectivity index (χ0v) is 20.5. The minimum atomic E-state index is -0.153. The molecule has 1 amide bonds. The second-order valence-electron chi connectivity index (χ2n) is 7.61. The van der Waals surface area contributed by atoms with Crippen LogP contribution in [0.15, 0.2) is 22.7 Å². The number of hydrogen-bond donors (Lipinski definition) is 4. The SMILES string of the molecule is CCNC(=O)c1c(NCCNC)nc(NC2CCOCC2)n1Cc1ccc(OC)c(Br)c1. The molecular weight excluding hydrogens is 476 g/mol. The van der Waals surface area contributed by atoms with Gasteiger partial charge in [-0.2, -0.15) is 4.98 Å². The summed E-state index contributed by atoms with van der Waals surface area (Å²) in [5, 5.41) is 12.9. The lowest BCUT2D eigenvalue weighted by Crippen LogP contribution is -2.30. The van der Waals surface area contributed by atoms with Crippen molar-refractivity contribution in [2.45, 2.75) is 32.4 Å². The van der Waals surface area contributed by atoms with Crippen LogP contribution in [0.1, 0.15) is 35.8 Å². The van der Waals surface area contributed by atoms with E-state index in [1.165, 1.54) is 0 Å². The molecule has 0 atom stereocenters. The largest absolute Gasteiger partial charge is 0.496 e. The van der Waals surface area contributed by atoms with Gasteiger partial charge in [0.2, 0.25) is 5.95 Å². The highest BCUT2D eigenvalue weighted by Gasteiger charge is 2.25. The molecule has 9 nitrogen and oxygen atoms in total. The Morgan fingerprint density at radius 3 is 2.75 bits per heavy atom. The molecule has 0 aliphatic carbocycles. The Bertz CT molecular complexity index is 898. The summed E-state index contributed by atoms with van der Waals surface area (Å²) in [5.41, 5.74) is 1.54. The number of amides is 1. The summed E-state index contributed by atoms with van der Waals surface area (Å²) in [6, 6.07) is 6.17.